The number of carbonyl (C=O) groups is 3. The number of benzene rings is 2. The molecule has 1 unspecified atom stereocenters. The van der Waals surface area contributed by atoms with Crippen molar-refractivity contribution in [3.8, 4) is 0 Å². The predicted octanol–water partition coefficient (Wildman–Crippen LogP) is 5.83. The second kappa shape index (κ2) is 14.2. The number of nitrogens with one attached hydrogen (secondary N) is 4. The van der Waals surface area contributed by atoms with Gasteiger partial charge in [0.2, 0.25) is 11.8 Å². The van der Waals surface area contributed by atoms with Crippen LogP contribution in [-0.4, -0.2) is 71.6 Å². The molecule has 1 aliphatic carbocycles. The number of aromatic nitrogens is 2. The maximum atomic E-state index is 14.0. The lowest BCUT2D eigenvalue weighted by atomic mass is 9.78. The standard InChI is InChI=1S/C36H49ClN6O4/c1-7-38-32(44)29(22(4)5)41-33(45)36(18-19-47-21-36)23-14-15-26-27(20-23)40-31(39-26)30(42-34(46)43(8-2)9-3)28(35(6)16-17-35)24-12-10-11-13-25(24)37/h10-15,20,22,28-30H,7-9,16-19,21H2,1-6H3,(H,38,44)(H,39,40)(H,41,45)(H,42,46)/t28-,29+,30-,36?/m0/s1. The summed E-state index contributed by atoms with van der Waals surface area (Å²) in [5.41, 5.74) is 2.20. The molecule has 2 fully saturated rings. The van der Waals surface area contributed by atoms with E-state index in [1.807, 2.05) is 77.1 Å². The summed E-state index contributed by atoms with van der Waals surface area (Å²) in [5, 5.41) is 9.87. The third-order valence-electron chi connectivity index (χ3n) is 10.1. The summed E-state index contributed by atoms with van der Waals surface area (Å²) in [6.07, 6.45) is 2.51. The van der Waals surface area contributed by atoms with Crippen molar-refractivity contribution in [1.29, 1.82) is 0 Å². The van der Waals surface area contributed by atoms with Crippen molar-refractivity contribution in [2.45, 2.75) is 84.2 Å². The Morgan fingerprint density at radius 2 is 1.77 bits per heavy atom. The third kappa shape index (κ3) is 6.99. The van der Waals surface area contributed by atoms with E-state index in [0.717, 1.165) is 35.0 Å². The summed E-state index contributed by atoms with van der Waals surface area (Å²) < 4.78 is 5.81. The molecule has 1 aliphatic heterocycles. The van der Waals surface area contributed by atoms with Gasteiger partial charge < -0.3 is 30.6 Å². The predicted molar refractivity (Wildman–Crippen MR) is 184 cm³/mol. The molecule has 0 bridgehead atoms. The Balaban J connectivity index is 1.55. The zero-order valence-electron chi connectivity index (χ0n) is 28.4. The number of rotatable bonds is 13. The summed E-state index contributed by atoms with van der Waals surface area (Å²) in [4.78, 5) is 50.8. The lowest BCUT2D eigenvalue weighted by molar-refractivity contribution is -0.133. The van der Waals surface area contributed by atoms with Gasteiger partial charge in [-0.3, -0.25) is 9.59 Å². The van der Waals surface area contributed by atoms with Gasteiger partial charge in [0.1, 0.15) is 11.9 Å². The van der Waals surface area contributed by atoms with Crippen LogP contribution in [0.2, 0.25) is 5.02 Å². The van der Waals surface area contributed by atoms with E-state index in [1.54, 1.807) is 4.90 Å². The van der Waals surface area contributed by atoms with Gasteiger partial charge in [0.05, 0.1) is 29.1 Å². The van der Waals surface area contributed by atoms with Crippen LogP contribution < -0.4 is 16.0 Å². The van der Waals surface area contributed by atoms with Crippen LogP contribution >= 0.6 is 11.6 Å². The van der Waals surface area contributed by atoms with E-state index in [2.05, 4.69) is 27.9 Å². The van der Waals surface area contributed by atoms with Gasteiger partial charge in [-0.1, -0.05) is 56.6 Å². The number of aromatic amines is 1. The normalized spacial score (nSPS) is 20.4. The van der Waals surface area contributed by atoms with Crippen molar-refractivity contribution in [1.82, 2.24) is 30.8 Å². The lowest BCUT2D eigenvalue weighted by Gasteiger charge is -2.34. The summed E-state index contributed by atoms with van der Waals surface area (Å²) in [5.74, 6) is -0.0191. The number of hydrogen-bond acceptors (Lipinski definition) is 5. The molecule has 2 aliphatic rings. The molecule has 254 valence electrons. The quantitative estimate of drug-likeness (QED) is 0.183. The van der Waals surface area contributed by atoms with E-state index in [-0.39, 0.29) is 41.7 Å². The summed E-state index contributed by atoms with van der Waals surface area (Å²) in [6, 6.07) is 12.3. The number of hydrogen-bond donors (Lipinski definition) is 4. The number of H-pyrrole nitrogens is 1. The van der Waals surface area contributed by atoms with Crippen molar-refractivity contribution in [3.63, 3.8) is 0 Å². The lowest BCUT2D eigenvalue weighted by Crippen LogP contribution is -2.55. The van der Waals surface area contributed by atoms with Gasteiger partial charge in [0, 0.05) is 37.2 Å². The first-order valence-electron chi connectivity index (χ1n) is 16.9. The van der Waals surface area contributed by atoms with Gasteiger partial charge in [-0.05, 0) is 80.7 Å². The molecular formula is C36H49ClN6O4. The Kier molecular flexibility index (Phi) is 10.5. The molecule has 4 atom stereocenters. The third-order valence-corrected chi connectivity index (χ3v) is 10.4. The van der Waals surface area contributed by atoms with Crippen LogP contribution in [0, 0.1) is 11.3 Å². The van der Waals surface area contributed by atoms with Crippen molar-refractivity contribution >= 4 is 40.5 Å². The van der Waals surface area contributed by atoms with Crippen molar-refractivity contribution < 1.29 is 19.1 Å². The number of amides is 4. The number of halogens is 1. The number of fused-ring (bicyclic) bond motifs is 1. The second-order valence-electron chi connectivity index (χ2n) is 13.6. The highest BCUT2D eigenvalue weighted by atomic mass is 35.5. The van der Waals surface area contributed by atoms with Crippen LogP contribution in [0.3, 0.4) is 0 Å². The topological polar surface area (TPSA) is 128 Å². The summed E-state index contributed by atoms with van der Waals surface area (Å²) in [6.45, 7) is 14.2. The number of likely N-dealkylation sites (N-methyl/N-ethyl adjacent to an activating group) is 1. The molecule has 0 radical (unpaired) electrons. The highest BCUT2D eigenvalue weighted by molar-refractivity contribution is 6.31. The molecule has 10 nitrogen and oxygen atoms in total. The zero-order valence-corrected chi connectivity index (χ0v) is 29.2. The van der Waals surface area contributed by atoms with Gasteiger partial charge in [-0.25, -0.2) is 9.78 Å². The van der Waals surface area contributed by atoms with Crippen LogP contribution in [0.5, 0.6) is 0 Å². The molecule has 47 heavy (non-hydrogen) atoms. The van der Waals surface area contributed by atoms with E-state index < -0.39 is 17.5 Å². The molecule has 3 aromatic rings. The van der Waals surface area contributed by atoms with Crippen LogP contribution in [0.4, 0.5) is 4.79 Å². The summed E-state index contributed by atoms with van der Waals surface area (Å²) >= 11 is 6.82. The van der Waals surface area contributed by atoms with Gasteiger partial charge >= 0.3 is 6.03 Å². The number of nitrogens with zero attached hydrogens (tertiary/aromatic N) is 2. The fourth-order valence-corrected chi connectivity index (χ4v) is 7.17. The molecule has 4 amide bonds. The molecule has 2 aromatic carbocycles. The highest BCUT2D eigenvalue weighted by Crippen LogP contribution is 2.60. The highest BCUT2D eigenvalue weighted by Gasteiger charge is 2.51. The summed E-state index contributed by atoms with van der Waals surface area (Å²) in [7, 11) is 0. The van der Waals surface area contributed by atoms with Crippen molar-refractivity contribution in [2.24, 2.45) is 11.3 Å². The number of carbonyl (C=O) groups excluding carboxylic acids is 3. The Hall–Kier alpha value is -3.63. The van der Waals surface area contributed by atoms with Crippen LogP contribution in [-0.2, 0) is 19.7 Å². The monoisotopic (exact) mass is 664 g/mol. The second-order valence-corrected chi connectivity index (χ2v) is 14.0. The Labute approximate surface area is 282 Å². The van der Waals surface area contributed by atoms with E-state index in [4.69, 9.17) is 21.3 Å². The van der Waals surface area contributed by atoms with Crippen LogP contribution in [0.25, 0.3) is 11.0 Å². The van der Waals surface area contributed by atoms with Gasteiger partial charge in [-0.15, -0.1) is 0 Å². The molecule has 1 saturated heterocycles. The number of urea groups is 1. The molecular weight excluding hydrogens is 616 g/mol. The Morgan fingerprint density at radius 1 is 1.04 bits per heavy atom. The zero-order chi connectivity index (χ0) is 33.9. The van der Waals surface area contributed by atoms with E-state index >= 15 is 0 Å². The maximum Gasteiger partial charge on any atom is 0.317 e. The van der Waals surface area contributed by atoms with E-state index in [0.29, 0.717) is 43.5 Å². The molecule has 0 spiro atoms. The van der Waals surface area contributed by atoms with Crippen LogP contribution in [0.1, 0.15) is 89.7 Å². The SMILES string of the molecule is CCNC(=O)[C@H](NC(=O)C1(c2ccc3nc([C@@H](NC(=O)N(CC)CC)[C@H](c4ccccc4Cl)C4(C)CC4)[nH]c3c2)CCOC1)C(C)C. The Bertz CT molecular complexity index is 1590. The van der Waals surface area contributed by atoms with E-state index in [9.17, 15) is 14.4 Å². The first-order valence-corrected chi connectivity index (χ1v) is 17.3. The van der Waals surface area contributed by atoms with Crippen molar-refractivity contribution in [2.75, 3.05) is 32.8 Å². The van der Waals surface area contributed by atoms with Gasteiger partial charge in [0.15, 0.2) is 0 Å². The molecule has 2 heterocycles. The molecule has 4 N–H and O–H groups in total. The fraction of sp³-hybridized carbons (Fsp3) is 0.556. The first-order chi connectivity index (χ1) is 22.5. The molecule has 5 rings (SSSR count). The smallest absolute Gasteiger partial charge is 0.317 e. The minimum absolute atomic E-state index is 0.0727. The molecule has 1 saturated carbocycles. The largest absolute Gasteiger partial charge is 0.380 e. The minimum atomic E-state index is -0.961. The van der Waals surface area contributed by atoms with Gasteiger partial charge in [0.25, 0.3) is 0 Å². The van der Waals surface area contributed by atoms with Crippen LogP contribution in [0.15, 0.2) is 42.5 Å². The van der Waals surface area contributed by atoms with E-state index in [1.165, 1.54) is 0 Å². The van der Waals surface area contributed by atoms with Gasteiger partial charge in [-0.2, -0.15) is 0 Å². The number of imidazole rings is 1. The Morgan fingerprint density at radius 3 is 2.36 bits per heavy atom. The average molecular weight is 665 g/mol. The first kappa shape index (κ1) is 34.7. The molecule has 11 heteroatoms. The average Bonchev–Trinajstić information content (AvgIpc) is 3.41. The number of ether oxygens (including phenoxy) is 1. The minimum Gasteiger partial charge on any atom is -0.380 e. The van der Waals surface area contributed by atoms with Crippen molar-refractivity contribution in [3.05, 3.63) is 64.4 Å². The fourth-order valence-electron chi connectivity index (χ4n) is 6.91. The maximum absolute atomic E-state index is 14.0. The molecule has 1 aromatic heterocycles.